The zero-order valence-electron chi connectivity index (χ0n) is 22.1. The minimum atomic E-state index is -3.45. The van der Waals surface area contributed by atoms with E-state index >= 15 is 0 Å². The van der Waals surface area contributed by atoms with Gasteiger partial charge in [0.25, 0.3) is 5.91 Å². The third kappa shape index (κ3) is 6.66. The summed E-state index contributed by atoms with van der Waals surface area (Å²) in [6.45, 7) is 11.5. The zero-order chi connectivity index (χ0) is 26.6. The Hall–Kier alpha value is -3.00. The van der Waals surface area contributed by atoms with Gasteiger partial charge in [-0.1, -0.05) is 75.4 Å². The van der Waals surface area contributed by atoms with E-state index in [1.807, 2.05) is 37.3 Å². The van der Waals surface area contributed by atoms with Crippen molar-refractivity contribution in [1.82, 2.24) is 14.5 Å². The topological polar surface area (TPSA) is 69.7 Å². The van der Waals surface area contributed by atoms with E-state index in [-0.39, 0.29) is 17.4 Å². The Kier molecular flexibility index (Phi) is 8.17. The zero-order valence-corrected chi connectivity index (χ0v) is 23.0. The average molecular weight is 520 g/mol. The lowest BCUT2D eigenvalue weighted by Gasteiger charge is -2.34. The molecular weight excluding hydrogens is 482 g/mol. The van der Waals surface area contributed by atoms with Crippen molar-refractivity contribution in [2.75, 3.05) is 26.2 Å². The Balaban J connectivity index is 1.29. The smallest absolute Gasteiger partial charge is 0.251 e. The van der Waals surface area contributed by atoms with Gasteiger partial charge in [-0.2, -0.15) is 4.31 Å². The molecule has 196 valence electrons. The molecule has 6 nitrogen and oxygen atoms in total. The van der Waals surface area contributed by atoms with Crippen LogP contribution in [0.3, 0.4) is 0 Å². The van der Waals surface area contributed by atoms with Gasteiger partial charge in [-0.15, -0.1) is 0 Å². The molecule has 37 heavy (non-hydrogen) atoms. The van der Waals surface area contributed by atoms with Crippen molar-refractivity contribution in [3.8, 4) is 0 Å². The van der Waals surface area contributed by atoms with Gasteiger partial charge in [0.15, 0.2) is 0 Å². The third-order valence-electron chi connectivity index (χ3n) is 6.96. The van der Waals surface area contributed by atoms with Crippen molar-refractivity contribution in [1.29, 1.82) is 0 Å². The number of nitrogens with zero attached hydrogens (tertiary/aromatic N) is 2. The van der Waals surface area contributed by atoms with Crippen LogP contribution in [0.1, 0.15) is 60.8 Å². The highest BCUT2D eigenvalue weighted by Crippen LogP contribution is 2.24. The molecule has 1 aliphatic heterocycles. The molecule has 1 saturated heterocycles. The maximum absolute atomic E-state index is 12.8. The van der Waals surface area contributed by atoms with Crippen molar-refractivity contribution in [3.63, 3.8) is 0 Å². The van der Waals surface area contributed by atoms with Gasteiger partial charge in [0.2, 0.25) is 10.0 Å². The monoisotopic (exact) mass is 519 g/mol. The summed E-state index contributed by atoms with van der Waals surface area (Å²) < 4.78 is 27.2. The molecule has 0 aromatic heterocycles. The summed E-state index contributed by atoms with van der Waals surface area (Å²) in [5, 5.41) is 3.09. The second-order valence-corrected chi connectivity index (χ2v) is 12.7. The molecule has 0 radical (unpaired) electrons. The maximum atomic E-state index is 12.8. The Labute approximate surface area is 221 Å². The minimum absolute atomic E-state index is 0.0929. The van der Waals surface area contributed by atoms with Crippen molar-refractivity contribution < 1.29 is 13.2 Å². The van der Waals surface area contributed by atoms with E-state index in [0.29, 0.717) is 36.6 Å². The fraction of sp³-hybridized carbons (Fsp3) is 0.367. The highest BCUT2D eigenvalue weighted by Gasteiger charge is 2.28. The largest absolute Gasteiger partial charge is 0.346 e. The molecule has 1 N–H and O–H groups in total. The first-order valence-electron chi connectivity index (χ1n) is 12.8. The van der Waals surface area contributed by atoms with Crippen LogP contribution in [0.25, 0.3) is 0 Å². The second-order valence-electron chi connectivity index (χ2n) is 10.8. The summed E-state index contributed by atoms with van der Waals surface area (Å²) in [6, 6.07) is 24.6. The van der Waals surface area contributed by atoms with Gasteiger partial charge in [-0.25, -0.2) is 8.42 Å². The number of rotatable bonds is 7. The van der Waals surface area contributed by atoms with Crippen LogP contribution < -0.4 is 5.32 Å². The Morgan fingerprint density at radius 2 is 1.46 bits per heavy atom. The molecular formula is C30H37N3O3S. The number of hydrogen-bond acceptors (Lipinski definition) is 4. The van der Waals surface area contributed by atoms with Gasteiger partial charge in [-0.3, -0.25) is 9.69 Å². The van der Waals surface area contributed by atoms with Crippen LogP contribution in [0.4, 0.5) is 0 Å². The highest BCUT2D eigenvalue weighted by molar-refractivity contribution is 7.89. The van der Waals surface area contributed by atoms with Crippen LogP contribution in [0.15, 0.2) is 83.8 Å². The first-order valence-corrected chi connectivity index (χ1v) is 14.3. The van der Waals surface area contributed by atoms with E-state index < -0.39 is 10.0 Å². The summed E-state index contributed by atoms with van der Waals surface area (Å²) in [7, 11) is -3.45. The van der Waals surface area contributed by atoms with Gasteiger partial charge < -0.3 is 5.32 Å². The molecule has 1 fully saturated rings. The van der Waals surface area contributed by atoms with Crippen LogP contribution in [-0.2, 0) is 22.0 Å². The van der Waals surface area contributed by atoms with Crippen LogP contribution in [0.5, 0.6) is 0 Å². The summed E-state index contributed by atoms with van der Waals surface area (Å²) >= 11 is 0. The first-order chi connectivity index (χ1) is 17.5. The summed E-state index contributed by atoms with van der Waals surface area (Å²) in [4.78, 5) is 15.4. The number of hydrogen-bond donors (Lipinski definition) is 1. The van der Waals surface area contributed by atoms with Gasteiger partial charge in [-0.05, 0) is 53.3 Å². The molecule has 1 amide bonds. The lowest BCUT2D eigenvalue weighted by atomic mass is 9.86. The molecule has 0 saturated carbocycles. The average Bonchev–Trinajstić information content (AvgIpc) is 2.89. The first kappa shape index (κ1) is 27.0. The molecule has 1 aliphatic rings. The minimum Gasteiger partial charge on any atom is -0.346 e. The van der Waals surface area contributed by atoms with Crippen molar-refractivity contribution in [2.45, 2.75) is 50.6 Å². The van der Waals surface area contributed by atoms with E-state index in [9.17, 15) is 13.2 Å². The number of carbonyl (C=O) groups is 1. The quantitative estimate of drug-likeness (QED) is 0.478. The van der Waals surface area contributed by atoms with Crippen molar-refractivity contribution in [2.24, 2.45) is 0 Å². The molecule has 4 rings (SSSR count). The number of carbonyl (C=O) groups excluding carboxylic acids is 1. The summed E-state index contributed by atoms with van der Waals surface area (Å²) in [6.07, 6.45) is 0. The number of piperazine rings is 1. The Morgan fingerprint density at radius 1 is 0.865 bits per heavy atom. The Morgan fingerprint density at radius 3 is 2.03 bits per heavy atom. The van der Waals surface area contributed by atoms with Crippen LogP contribution in [-0.4, -0.2) is 49.7 Å². The molecule has 0 aliphatic carbocycles. The van der Waals surface area contributed by atoms with Gasteiger partial charge >= 0.3 is 0 Å². The molecule has 1 heterocycles. The fourth-order valence-electron chi connectivity index (χ4n) is 4.52. The van der Waals surface area contributed by atoms with Gasteiger partial charge in [0.05, 0.1) is 10.9 Å². The van der Waals surface area contributed by atoms with Gasteiger partial charge in [0, 0.05) is 38.3 Å². The number of nitrogens with one attached hydrogen (secondary N) is 1. The van der Waals surface area contributed by atoms with Crippen LogP contribution in [0.2, 0.25) is 0 Å². The lowest BCUT2D eigenvalue weighted by Crippen LogP contribution is -2.48. The standard InChI is InChI=1S/C30H37N3O3S/c1-23(25-14-16-27(17-15-25)30(2,3)4)31-29(34)26-12-10-24(11-13-26)22-32-18-20-33(21-19-32)37(35,36)28-8-6-5-7-9-28/h5-17,23H,18-22H2,1-4H3,(H,31,34)/t23-/m1/s1. The molecule has 3 aromatic carbocycles. The molecule has 0 unspecified atom stereocenters. The Bertz CT molecular complexity index is 1290. The van der Waals surface area contributed by atoms with E-state index in [1.165, 1.54) is 5.56 Å². The molecule has 0 bridgehead atoms. The molecule has 0 spiro atoms. The van der Waals surface area contributed by atoms with Crippen molar-refractivity contribution >= 4 is 15.9 Å². The number of benzene rings is 3. The normalized spacial score (nSPS) is 16.3. The fourth-order valence-corrected chi connectivity index (χ4v) is 5.97. The maximum Gasteiger partial charge on any atom is 0.251 e. The van der Waals surface area contributed by atoms with E-state index in [1.54, 1.807) is 28.6 Å². The highest BCUT2D eigenvalue weighted by atomic mass is 32.2. The molecule has 7 heteroatoms. The predicted octanol–water partition coefficient (Wildman–Crippen LogP) is 4.98. The predicted molar refractivity (Wildman–Crippen MR) is 148 cm³/mol. The lowest BCUT2D eigenvalue weighted by molar-refractivity contribution is 0.0940. The second kappa shape index (κ2) is 11.2. The molecule has 3 aromatic rings. The van der Waals surface area contributed by atoms with E-state index in [2.05, 4.69) is 55.3 Å². The SMILES string of the molecule is C[C@@H](NC(=O)c1ccc(CN2CCN(S(=O)(=O)c3ccccc3)CC2)cc1)c1ccc(C(C)(C)C)cc1. The van der Waals surface area contributed by atoms with E-state index in [4.69, 9.17) is 0 Å². The summed E-state index contributed by atoms with van der Waals surface area (Å²) in [5.41, 5.74) is 4.17. The summed E-state index contributed by atoms with van der Waals surface area (Å²) in [5.74, 6) is -0.0984. The van der Waals surface area contributed by atoms with Gasteiger partial charge in [0.1, 0.15) is 0 Å². The van der Waals surface area contributed by atoms with Crippen LogP contribution >= 0.6 is 0 Å². The number of sulfonamides is 1. The molecule has 1 atom stereocenters. The van der Waals surface area contributed by atoms with Crippen molar-refractivity contribution in [3.05, 3.63) is 101 Å². The van der Waals surface area contributed by atoms with Crippen LogP contribution in [0, 0.1) is 0 Å². The van der Waals surface area contributed by atoms with E-state index in [0.717, 1.165) is 17.7 Å². The number of amides is 1. The third-order valence-corrected chi connectivity index (χ3v) is 8.87.